The summed E-state index contributed by atoms with van der Waals surface area (Å²) in [6.45, 7) is 1.54. The summed E-state index contributed by atoms with van der Waals surface area (Å²) in [5.74, 6) is -2.72. The lowest BCUT2D eigenvalue weighted by Crippen LogP contribution is -2.58. The first kappa shape index (κ1) is 19.8. The van der Waals surface area contributed by atoms with Crippen molar-refractivity contribution in [1.29, 1.82) is 0 Å². The van der Waals surface area contributed by atoms with Crippen molar-refractivity contribution in [3.05, 3.63) is 35.1 Å². The van der Waals surface area contributed by atoms with Crippen LogP contribution in [0.1, 0.15) is 24.5 Å². The lowest BCUT2D eigenvalue weighted by molar-refractivity contribution is -0.128. The van der Waals surface area contributed by atoms with Crippen LogP contribution >= 0.6 is 0 Å². The van der Waals surface area contributed by atoms with Crippen LogP contribution in [0.4, 0.5) is 13.2 Å². The Kier molecular flexibility index (Phi) is 4.84. The number of Topliss-reactive ketones (excluding diaryl/α,β-unsaturated/α-hetero) is 1. The van der Waals surface area contributed by atoms with Gasteiger partial charge in [0.25, 0.3) is 6.43 Å². The van der Waals surface area contributed by atoms with Crippen molar-refractivity contribution in [3.63, 3.8) is 0 Å². The average molecular weight is 404 g/mol. The Morgan fingerprint density at radius 2 is 2.11 bits per heavy atom. The zero-order chi connectivity index (χ0) is 20.0. The van der Waals surface area contributed by atoms with Crippen molar-refractivity contribution in [2.24, 2.45) is 10.7 Å². The van der Waals surface area contributed by atoms with Gasteiger partial charge in [-0.25, -0.2) is 21.6 Å². The largest absolute Gasteiger partial charge is 0.386 e. The van der Waals surface area contributed by atoms with E-state index >= 15 is 0 Å². The fraction of sp³-hybridized carbons (Fsp3) is 0.529. The second kappa shape index (κ2) is 6.59. The number of hydrogen-bond donors (Lipinski definition) is 1. The maximum Gasteiger partial charge on any atom is 0.296 e. The van der Waals surface area contributed by atoms with Crippen molar-refractivity contribution in [3.8, 4) is 0 Å². The molecule has 1 fully saturated rings. The molecule has 10 heteroatoms. The van der Waals surface area contributed by atoms with Crippen LogP contribution in [0.3, 0.4) is 0 Å². The van der Waals surface area contributed by atoms with E-state index in [2.05, 4.69) is 4.99 Å². The summed E-state index contributed by atoms with van der Waals surface area (Å²) >= 11 is 0. The topological polar surface area (TPSA) is 98.8 Å². The molecule has 2 aliphatic heterocycles. The second-order valence-electron chi connectivity index (χ2n) is 7.08. The third-order valence-electron chi connectivity index (χ3n) is 5.12. The number of aliphatic imine (C=N–C) groups is 1. The first-order valence-electron chi connectivity index (χ1n) is 8.26. The SMILES string of the molecule is C[C@@]1(c2cc(CC(=O)C(F)F)ccc2F)CS(=O)(=O)[C@]2(CCOC2)C(N)=N1. The molecule has 1 aromatic carbocycles. The molecule has 2 aliphatic rings. The van der Waals surface area contributed by atoms with Gasteiger partial charge < -0.3 is 10.5 Å². The van der Waals surface area contributed by atoms with Gasteiger partial charge in [0, 0.05) is 18.6 Å². The number of ether oxygens (including phenoxy) is 1. The predicted octanol–water partition coefficient (Wildman–Crippen LogP) is 1.36. The van der Waals surface area contributed by atoms with Crippen LogP contribution in [-0.2, 0) is 31.3 Å². The van der Waals surface area contributed by atoms with Crippen LogP contribution in [-0.4, -0.2) is 50.2 Å². The van der Waals surface area contributed by atoms with Crippen molar-refractivity contribution in [2.75, 3.05) is 19.0 Å². The smallest absolute Gasteiger partial charge is 0.296 e. The molecule has 0 amide bonds. The van der Waals surface area contributed by atoms with E-state index < -0.39 is 50.3 Å². The molecule has 6 nitrogen and oxygen atoms in total. The van der Waals surface area contributed by atoms with Gasteiger partial charge in [0.2, 0.25) is 5.78 Å². The molecule has 2 heterocycles. The van der Waals surface area contributed by atoms with E-state index in [4.69, 9.17) is 10.5 Å². The zero-order valence-corrected chi connectivity index (χ0v) is 15.4. The number of sulfone groups is 1. The summed E-state index contributed by atoms with van der Waals surface area (Å²) < 4.78 is 69.2. The molecule has 0 aliphatic carbocycles. The van der Waals surface area contributed by atoms with Crippen LogP contribution in [0.25, 0.3) is 0 Å². The quantitative estimate of drug-likeness (QED) is 0.817. The number of nitrogens with two attached hydrogens (primary N) is 1. The van der Waals surface area contributed by atoms with Crippen LogP contribution in [0.15, 0.2) is 23.2 Å². The van der Waals surface area contributed by atoms with E-state index in [-0.39, 0.29) is 36.6 Å². The highest BCUT2D eigenvalue weighted by atomic mass is 32.2. The second-order valence-corrected chi connectivity index (χ2v) is 9.38. The first-order chi connectivity index (χ1) is 12.5. The minimum absolute atomic E-state index is 0.105. The van der Waals surface area contributed by atoms with Crippen molar-refractivity contribution < 1.29 is 31.1 Å². The number of hydrogen-bond acceptors (Lipinski definition) is 6. The summed E-state index contributed by atoms with van der Waals surface area (Å²) in [6, 6.07) is 3.42. The molecule has 148 valence electrons. The predicted molar refractivity (Wildman–Crippen MR) is 92.0 cm³/mol. The number of nitrogens with zero attached hydrogens (tertiary/aromatic N) is 1. The van der Waals surface area contributed by atoms with E-state index in [1.54, 1.807) is 0 Å². The van der Waals surface area contributed by atoms with Crippen LogP contribution in [0.2, 0.25) is 0 Å². The van der Waals surface area contributed by atoms with Gasteiger partial charge in [0.15, 0.2) is 14.6 Å². The molecule has 2 N–H and O–H groups in total. The Bertz CT molecular complexity index is 911. The molecular weight excluding hydrogens is 385 g/mol. The fourth-order valence-corrected chi connectivity index (χ4v) is 5.83. The summed E-state index contributed by atoms with van der Waals surface area (Å²) in [7, 11) is -3.83. The molecule has 1 saturated heterocycles. The Labute approximate surface area is 154 Å². The number of halogens is 3. The summed E-state index contributed by atoms with van der Waals surface area (Å²) in [4.78, 5) is 15.6. The van der Waals surface area contributed by atoms with Gasteiger partial charge in [-0.15, -0.1) is 0 Å². The molecule has 0 bridgehead atoms. The van der Waals surface area contributed by atoms with Crippen LogP contribution in [0, 0.1) is 5.82 Å². The minimum atomic E-state index is -3.83. The third-order valence-corrected chi connectivity index (χ3v) is 7.78. The van der Waals surface area contributed by atoms with Gasteiger partial charge in [-0.1, -0.05) is 6.07 Å². The first-order valence-corrected chi connectivity index (χ1v) is 9.92. The van der Waals surface area contributed by atoms with E-state index in [9.17, 15) is 26.4 Å². The van der Waals surface area contributed by atoms with E-state index in [1.807, 2.05) is 0 Å². The van der Waals surface area contributed by atoms with Crippen LogP contribution in [0.5, 0.6) is 0 Å². The fourth-order valence-electron chi connectivity index (χ4n) is 3.57. The standard InChI is InChI=1S/C17H19F3N2O4S/c1-16(9-27(24,25)17(15(21)22-16)4-5-26-8-17)11-6-10(2-3-12(11)18)7-13(23)14(19)20/h2-3,6,14H,4-5,7-9H2,1H3,(H2,21,22)/t16-,17-/m0/s1. The number of ketones is 1. The molecule has 1 aromatic rings. The highest BCUT2D eigenvalue weighted by Crippen LogP contribution is 2.41. The zero-order valence-electron chi connectivity index (χ0n) is 14.5. The van der Waals surface area contributed by atoms with Crippen molar-refractivity contribution in [2.45, 2.75) is 36.5 Å². The Morgan fingerprint density at radius 1 is 1.41 bits per heavy atom. The Balaban J connectivity index is 2.05. The van der Waals surface area contributed by atoms with E-state index in [0.717, 1.165) is 6.07 Å². The number of carbonyl (C=O) groups is 1. The minimum Gasteiger partial charge on any atom is -0.386 e. The molecule has 0 unspecified atom stereocenters. The summed E-state index contributed by atoms with van der Waals surface area (Å²) in [5.41, 5.74) is 4.49. The maximum absolute atomic E-state index is 14.5. The Hall–Kier alpha value is -1.94. The van der Waals surface area contributed by atoms with Gasteiger partial charge in [-0.05, 0) is 31.0 Å². The molecule has 27 heavy (non-hydrogen) atoms. The normalized spacial score (nSPS) is 29.9. The van der Waals surface area contributed by atoms with Gasteiger partial charge in [0.05, 0.1) is 12.4 Å². The molecule has 0 aromatic heterocycles. The number of benzene rings is 1. The van der Waals surface area contributed by atoms with Crippen molar-refractivity contribution >= 4 is 21.5 Å². The lowest BCUT2D eigenvalue weighted by atomic mass is 9.90. The Morgan fingerprint density at radius 3 is 2.67 bits per heavy atom. The molecule has 0 radical (unpaired) electrons. The van der Waals surface area contributed by atoms with Gasteiger partial charge >= 0.3 is 0 Å². The molecular formula is C17H19F3N2O4S. The summed E-state index contributed by atoms with van der Waals surface area (Å²) in [5, 5.41) is 0. The average Bonchev–Trinajstić information content (AvgIpc) is 3.06. The van der Waals surface area contributed by atoms with Crippen molar-refractivity contribution in [1.82, 2.24) is 0 Å². The van der Waals surface area contributed by atoms with E-state index in [0.29, 0.717) is 0 Å². The molecule has 3 rings (SSSR count). The number of carbonyl (C=O) groups excluding carboxylic acids is 1. The highest BCUT2D eigenvalue weighted by Gasteiger charge is 2.57. The lowest BCUT2D eigenvalue weighted by Gasteiger charge is -2.39. The monoisotopic (exact) mass is 404 g/mol. The molecule has 2 atom stereocenters. The van der Waals surface area contributed by atoms with Gasteiger partial charge in [0.1, 0.15) is 17.2 Å². The number of rotatable bonds is 4. The van der Waals surface area contributed by atoms with Gasteiger partial charge in [-0.3, -0.25) is 9.79 Å². The number of alkyl halides is 2. The molecule has 0 saturated carbocycles. The third kappa shape index (κ3) is 3.25. The highest BCUT2D eigenvalue weighted by molar-refractivity contribution is 7.93. The summed E-state index contributed by atoms with van der Waals surface area (Å²) in [6.07, 6.45) is -3.56. The van der Waals surface area contributed by atoms with E-state index in [1.165, 1.54) is 19.1 Å². The number of amidine groups is 1. The van der Waals surface area contributed by atoms with Gasteiger partial charge in [-0.2, -0.15) is 0 Å². The maximum atomic E-state index is 14.5. The van der Waals surface area contributed by atoms with Crippen LogP contribution < -0.4 is 5.73 Å². The molecule has 1 spiro atoms.